The van der Waals surface area contributed by atoms with E-state index in [0.29, 0.717) is 5.75 Å². The number of aromatic nitrogens is 3. The highest BCUT2D eigenvalue weighted by Crippen LogP contribution is 2.32. The van der Waals surface area contributed by atoms with Gasteiger partial charge in [-0.1, -0.05) is 18.7 Å². The third-order valence-electron chi connectivity index (χ3n) is 5.08. The van der Waals surface area contributed by atoms with Crippen LogP contribution >= 0.6 is 0 Å². The van der Waals surface area contributed by atoms with E-state index in [-0.39, 0.29) is 12.4 Å². The molecule has 0 radical (unpaired) electrons. The number of hydrogen-bond acceptors (Lipinski definition) is 4. The quantitative estimate of drug-likeness (QED) is 0.470. The molecule has 4 rings (SSSR count). The maximum Gasteiger partial charge on any atom is 0.144 e. The zero-order valence-corrected chi connectivity index (χ0v) is 16.6. The van der Waals surface area contributed by atoms with E-state index in [4.69, 9.17) is 4.74 Å². The van der Waals surface area contributed by atoms with Gasteiger partial charge in [-0.25, -0.2) is 4.68 Å². The zero-order chi connectivity index (χ0) is 20.4. The number of aryl methyl sites for hydroxylation is 2. The van der Waals surface area contributed by atoms with Crippen LogP contribution in [-0.4, -0.2) is 26.5 Å². The highest BCUT2D eigenvalue weighted by Gasteiger charge is 2.14. The average molecular weight is 385 g/mol. The van der Waals surface area contributed by atoms with Gasteiger partial charge in [0.05, 0.1) is 11.2 Å². The van der Waals surface area contributed by atoms with Gasteiger partial charge >= 0.3 is 0 Å². The summed E-state index contributed by atoms with van der Waals surface area (Å²) in [6.07, 6.45) is 6.25. The van der Waals surface area contributed by atoms with E-state index < -0.39 is 0 Å². The number of aliphatic hydroxyl groups excluding tert-OH is 1. The third kappa shape index (κ3) is 3.85. The Morgan fingerprint density at radius 1 is 1.14 bits per heavy atom. The summed E-state index contributed by atoms with van der Waals surface area (Å²) in [5.74, 6) is 0.704. The fourth-order valence-electron chi connectivity index (χ4n) is 3.63. The Balaban J connectivity index is 1.69. The van der Waals surface area contributed by atoms with E-state index in [0.717, 1.165) is 28.6 Å². The van der Waals surface area contributed by atoms with E-state index in [1.807, 2.05) is 23.0 Å². The Hall–Kier alpha value is -3.60. The molecule has 29 heavy (non-hydrogen) atoms. The van der Waals surface area contributed by atoms with Crippen molar-refractivity contribution in [3.05, 3.63) is 95.6 Å². The first-order valence-corrected chi connectivity index (χ1v) is 9.49. The second-order valence-corrected chi connectivity index (χ2v) is 7.15. The van der Waals surface area contributed by atoms with Gasteiger partial charge in [0.1, 0.15) is 18.1 Å². The molecular formula is C24H23N3O2. The van der Waals surface area contributed by atoms with Crippen molar-refractivity contribution in [2.75, 3.05) is 6.61 Å². The Kier molecular flexibility index (Phi) is 5.04. The number of ether oxygens (including phenoxy) is 1. The summed E-state index contributed by atoms with van der Waals surface area (Å²) < 4.78 is 7.61. The van der Waals surface area contributed by atoms with Gasteiger partial charge in [0.2, 0.25) is 0 Å². The van der Waals surface area contributed by atoms with Crippen molar-refractivity contribution < 1.29 is 9.84 Å². The minimum atomic E-state index is -0.00257. The van der Waals surface area contributed by atoms with Crippen molar-refractivity contribution >= 4 is 10.9 Å². The lowest BCUT2D eigenvalue weighted by Gasteiger charge is -2.16. The average Bonchev–Trinajstić information content (AvgIpc) is 3.24. The van der Waals surface area contributed by atoms with Crippen molar-refractivity contribution in [2.24, 2.45) is 0 Å². The molecule has 0 fully saturated rings. The van der Waals surface area contributed by atoms with Gasteiger partial charge in [-0.05, 0) is 72.9 Å². The second-order valence-electron chi connectivity index (χ2n) is 7.15. The summed E-state index contributed by atoms with van der Waals surface area (Å²) >= 11 is 0. The molecule has 5 heteroatoms. The molecule has 0 aliphatic rings. The third-order valence-corrected chi connectivity index (χ3v) is 5.08. The molecule has 0 saturated carbocycles. The van der Waals surface area contributed by atoms with Crippen LogP contribution in [-0.2, 0) is 6.42 Å². The summed E-state index contributed by atoms with van der Waals surface area (Å²) in [6.45, 7) is 7.78. The summed E-state index contributed by atoms with van der Waals surface area (Å²) in [5, 5.41) is 14.6. The van der Waals surface area contributed by atoms with Crippen LogP contribution < -0.4 is 4.74 Å². The van der Waals surface area contributed by atoms with Gasteiger partial charge in [0.15, 0.2) is 0 Å². The van der Waals surface area contributed by atoms with E-state index in [9.17, 15) is 5.11 Å². The fraction of sp³-hybridized carbons (Fsp3) is 0.167. The molecule has 0 bridgehead atoms. The molecule has 146 valence electrons. The number of fused-ring (bicyclic) bond motifs is 1. The first-order chi connectivity index (χ1) is 14.0. The number of benzene rings is 2. The smallest absolute Gasteiger partial charge is 0.144 e. The van der Waals surface area contributed by atoms with Crippen LogP contribution in [0, 0.1) is 13.8 Å². The van der Waals surface area contributed by atoms with Crippen LogP contribution in [0.15, 0.2) is 73.4 Å². The lowest BCUT2D eigenvalue weighted by molar-refractivity contribution is 0.274. The van der Waals surface area contributed by atoms with Gasteiger partial charge in [0.25, 0.3) is 0 Å². The predicted molar refractivity (Wildman–Crippen MR) is 115 cm³/mol. The van der Waals surface area contributed by atoms with Gasteiger partial charge < -0.3 is 9.84 Å². The van der Waals surface area contributed by atoms with E-state index in [1.165, 1.54) is 16.7 Å². The topological polar surface area (TPSA) is 60.2 Å². The molecule has 0 saturated heterocycles. The Bertz CT molecular complexity index is 1160. The number of hydrogen-bond donors (Lipinski definition) is 1. The van der Waals surface area contributed by atoms with Crippen LogP contribution in [0.5, 0.6) is 5.75 Å². The fourth-order valence-corrected chi connectivity index (χ4v) is 3.63. The Labute approximate surface area is 169 Å². The summed E-state index contributed by atoms with van der Waals surface area (Å²) in [4.78, 5) is 4.50. The normalized spacial score (nSPS) is 11.0. The highest BCUT2D eigenvalue weighted by atomic mass is 16.5. The molecule has 4 aromatic rings. The molecule has 0 spiro atoms. The molecule has 0 unspecified atom stereocenters. The minimum absolute atomic E-state index is 0.00257. The summed E-state index contributed by atoms with van der Waals surface area (Å²) in [5.41, 5.74) is 6.74. The SMILES string of the molecule is C=C(O)COc1ccnc2cc(C)c(Cc3ccc(-n4cccn4)cc3)c(C)c12. The zero-order valence-electron chi connectivity index (χ0n) is 16.6. The van der Waals surface area contributed by atoms with Crippen molar-refractivity contribution in [3.63, 3.8) is 0 Å². The minimum Gasteiger partial charge on any atom is -0.509 e. The lowest BCUT2D eigenvalue weighted by atomic mass is 9.92. The van der Waals surface area contributed by atoms with Crippen LogP contribution in [0.3, 0.4) is 0 Å². The number of aliphatic hydroxyl groups is 1. The van der Waals surface area contributed by atoms with Crippen LogP contribution in [0.1, 0.15) is 22.3 Å². The highest BCUT2D eigenvalue weighted by molar-refractivity contribution is 5.90. The maximum atomic E-state index is 9.40. The van der Waals surface area contributed by atoms with E-state index in [1.54, 1.807) is 12.4 Å². The number of rotatable bonds is 6. The first kappa shape index (κ1) is 18.7. The van der Waals surface area contributed by atoms with Crippen LogP contribution in [0.4, 0.5) is 0 Å². The standard InChI is InChI=1S/C24H23N3O2/c1-16-13-22-24(23(9-11-25-22)29-15-17(2)28)18(3)21(16)14-19-5-7-20(8-6-19)27-12-4-10-26-27/h4-13,28H,2,14-15H2,1,3H3. The van der Waals surface area contributed by atoms with Crippen LogP contribution in [0.25, 0.3) is 16.6 Å². The second kappa shape index (κ2) is 7.80. The molecule has 2 aromatic carbocycles. The molecule has 0 aliphatic heterocycles. The molecule has 1 N–H and O–H groups in total. The molecule has 0 atom stereocenters. The maximum absolute atomic E-state index is 9.40. The van der Waals surface area contributed by atoms with Crippen molar-refractivity contribution in [2.45, 2.75) is 20.3 Å². The molecular weight excluding hydrogens is 362 g/mol. The van der Waals surface area contributed by atoms with Gasteiger partial charge in [-0.3, -0.25) is 4.98 Å². The van der Waals surface area contributed by atoms with Crippen LogP contribution in [0.2, 0.25) is 0 Å². The van der Waals surface area contributed by atoms with Gasteiger partial charge in [-0.2, -0.15) is 5.10 Å². The van der Waals surface area contributed by atoms with E-state index >= 15 is 0 Å². The largest absolute Gasteiger partial charge is 0.509 e. The molecule has 2 aromatic heterocycles. The Morgan fingerprint density at radius 3 is 2.62 bits per heavy atom. The Morgan fingerprint density at radius 2 is 1.93 bits per heavy atom. The first-order valence-electron chi connectivity index (χ1n) is 9.49. The van der Waals surface area contributed by atoms with Crippen molar-refractivity contribution in [1.82, 2.24) is 14.8 Å². The summed E-state index contributed by atoms with van der Waals surface area (Å²) in [7, 11) is 0. The molecule has 2 heterocycles. The van der Waals surface area contributed by atoms with Crippen molar-refractivity contribution in [1.29, 1.82) is 0 Å². The molecule has 5 nitrogen and oxygen atoms in total. The van der Waals surface area contributed by atoms with Crippen molar-refractivity contribution in [3.8, 4) is 11.4 Å². The lowest BCUT2D eigenvalue weighted by Crippen LogP contribution is -2.03. The predicted octanol–water partition coefficient (Wildman–Crippen LogP) is 5.08. The van der Waals surface area contributed by atoms with E-state index in [2.05, 4.69) is 60.8 Å². The number of pyridine rings is 1. The number of nitrogens with zero attached hydrogens (tertiary/aromatic N) is 3. The monoisotopic (exact) mass is 385 g/mol. The molecule has 0 aliphatic carbocycles. The molecule has 0 amide bonds. The van der Waals surface area contributed by atoms with Gasteiger partial charge in [-0.15, -0.1) is 0 Å². The van der Waals surface area contributed by atoms with Gasteiger partial charge in [0, 0.05) is 24.0 Å². The summed E-state index contributed by atoms with van der Waals surface area (Å²) in [6, 6.07) is 14.3.